The SMILES string of the molecule is Cc1cc(C(=O)COC(=O)c2cccc([N+](=O)[O-])c2)c(C)n1-c1ccc(OC(F)F)cc1. The highest BCUT2D eigenvalue weighted by atomic mass is 19.3. The molecule has 0 saturated carbocycles. The second kappa shape index (κ2) is 9.38. The molecule has 0 aliphatic carbocycles. The molecule has 3 aromatic rings. The maximum atomic E-state index is 12.6. The average Bonchev–Trinajstić information content (AvgIpc) is 3.06. The fourth-order valence-corrected chi connectivity index (χ4v) is 3.26. The lowest BCUT2D eigenvalue weighted by Gasteiger charge is -2.11. The number of nitrogens with zero attached hydrogens (tertiary/aromatic N) is 2. The van der Waals surface area contributed by atoms with Crippen LogP contribution in [0.5, 0.6) is 5.75 Å². The van der Waals surface area contributed by atoms with Gasteiger partial charge in [0, 0.05) is 34.8 Å². The van der Waals surface area contributed by atoms with Crippen molar-refractivity contribution in [1.29, 1.82) is 0 Å². The molecule has 0 unspecified atom stereocenters. The van der Waals surface area contributed by atoms with E-state index >= 15 is 0 Å². The summed E-state index contributed by atoms with van der Waals surface area (Å²) in [4.78, 5) is 35.0. The molecule has 0 spiro atoms. The first-order chi connectivity index (χ1) is 15.2. The molecule has 1 aromatic heterocycles. The lowest BCUT2D eigenvalue weighted by molar-refractivity contribution is -0.384. The van der Waals surface area contributed by atoms with E-state index in [4.69, 9.17) is 4.74 Å². The monoisotopic (exact) mass is 444 g/mol. The first kappa shape index (κ1) is 22.6. The van der Waals surface area contributed by atoms with Gasteiger partial charge in [0.1, 0.15) is 5.75 Å². The summed E-state index contributed by atoms with van der Waals surface area (Å²) in [5, 5.41) is 10.8. The molecule has 0 aliphatic heterocycles. The van der Waals surface area contributed by atoms with E-state index < -0.39 is 29.9 Å². The topological polar surface area (TPSA) is 101 Å². The van der Waals surface area contributed by atoms with Gasteiger partial charge in [0.2, 0.25) is 5.78 Å². The van der Waals surface area contributed by atoms with E-state index in [1.807, 2.05) is 0 Å². The lowest BCUT2D eigenvalue weighted by atomic mass is 10.1. The van der Waals surface area contributed by atoms with E-state index in [2.05, 4.69) is 4.74 Å². The summed E-state index contributed by atoms with van der Waals surface area (Å²) < 4.78 is 35.8. The third kappa shape index (κ3) is 4.97. The van der Waals surface area contributed by atoms with Crippen LogP contribution in [-0.4, -0.2) is 34.5 Å². The average molecular weight is 444 g/mol. The molecule has 2 aromatic carbocycles. The van der Waals surface area contributed by atoms with Crippen molar-refractivity contribution in [3.05, 3.63) is 87.2 Å². The molecule has 0 amide bonds. The van der Waals surface area contributed by atoms with Crippen LogP contribution in [0.1, 0.15) is 32.1 Å². The number of non-ortho nitro benzene ring substituents is 1. The number of hydrogen-bond donors (Lipinski definition) is 0. The number of benzene rings is 2. The zero-order chi connectivity index (χ0) is 23.4. The second-order valence-corrected chi connectivity index (χ2v) is 6.80. The summed E-state index contributed by atoms with van der Waals surface area (Å²) in [6.45, 7) is -0.00778. The van der Waals surface area contributed by atoms with Gasteiger partial charge in [0.05, 0.1) is 10.5 Å². The highest BCUT2D eigenvalue weighted by molar-refractivity contribution is 6.00. The van der Waals surface area contributed by atoms with Crippen LogP contribution in [0.4, 0.5) is 14.5 Å². The van der Waals surface area contributed by atoms with Gasteiger partial charge in [-0.3, -0.25) is 14.9 Å². The van der Waals surface area contributed by atoms with Crippen LogP contribution in [-0.2, 0) is 4.74 Å². The van der Waals surface area contributed by atoms with E-state index in [-0.39, 0.29) is 17.0 Å². The van der Waals surface area contributed by atoms with Gasteiger partial charge < -0.3 is 14.0 Å². The number of rotatable bonds is 8. The molecule has 0 bridgehead atoms. The van der Waals surface area contributed by atoms with Crippen molar-refractivity contribution >= 4 is 17.4 Å². The molecule has 0 radical (unpaired) electrons. The number of Topliss-reactive ketones (excluding diaryl/α,β-unsaturated/α-hetero) is 1. The highest BCUT2D eigenvalue weighted by Crippen LogP contribution is 2.24. The molecule has 32 heavy (non-hydrogen) atoms. The number of halogens is 2. The number of ether oxygens (including phenoxy) is 2. The number of aryl methyl sites for hydroxylation is 1. The van der Waals surface area contributed by atoms with Gasteiger partial charge in [-0.1, -0.05) is 6.07 Å². The summed E-state index contributed by atoms with van der Waals surface area (Å²) in [7, 11) is 0. The first-order valence-electron chi connectivity index (χ1n) is 9.36. The van der Waals surface area contributed by atoms with Crippen molar-refractivity contribution < 1.29 is 32.8 Å². The van der Waals surface area contributed by atoms with Crippen LogP contribution in [0.15, 0.2) is 54.6 Å². The van der Waals surface area contributed by atoms with Crippen molar-refractivity contribution in [1.82, 2.24) is 4.57 Å². The van der Waals surface area contributed by atoms with Gasteiger partial charge >= 0.3 is 12.6 Å². The number of nitro groups is 1. The Balaban J connectivity index is 1.73. The van der Waals surface area contributed by atoms with E-state index in [0.29, 0.717) is 22.6 Å². The van der Waals surface area contributed by atoms with Gasteiger partial charge in [-0.25, -0.2) is 4.79 Å². The third-order valence-corrected chi connectivity index (χ3v) is 4.68. The number of alkyl halides is 2. The lowest BCUT2D eigenvalue weighted by Crippen LogP contribution is -2.15. The zero-order valence-electron chi connectivity index (χ0n) is 17.1. The van der Waals surface area contributed by atoms with Crippen LogP contribution in [0, 0.1) is 24.0 Å². The van der Waals surface area contributed by atoms with Crippen LogP contribution >= 0.6 is 0 Å². The number of ketones is 1. The molecule has 0 N–H and O–H groups in total. The number of hydrogen-bond acceptors (Lipinski definition) is 6. The van der Waals surface area contributed by atoms with Gasteiger partial charge in [-0.2, -0.15) is 8.78 Å². The predicted molar refractivity (Wildman–Crippen MR) is 110 cm³/mol. The highest BCUT2D eigenvalue weighted by Gasteiger charge is 2.19. The Labute approximate surface area is 181 Å². The molecule has 8 nitrogen and oxygen atoms in total. The van der Waals surface area contributed by atoms with Crippen LogP contribution in [0.25, 0.3) is 5.69 Å². The number of nitro benzene ring substituents is 1. The quantitative estimate of drug-likeness (QED) is 0.217. The Morgan fingerprint density at radius 3 is 2.41 bits per heavy atom. The molecule has 0 atom stereocenters. The maximum absolute atomic E-state index is 12.6. The molecular formula is C22H18F2N2O6. The Morgan fingerprint density at radius 1 is 1.09 bits per heavy atom. The normalized spacial score (nSPS) is 10.8. The Hall–Kier alpha value is -4.08. The van der Waals surface area contributed by atoms with Crippen LogP contribution in [0.3, 0.4) is 0 Å². The van der Waals surface area contributed by atoms with E-state index in [1.54, 1.807) is 36.6 Å². The molecule has 10 heteroatoms. The van der Waals surface area contributed by atoms with Crippen molar-refractivity contribution in [2.45, 2.75) is 20.5 Å². The molecule has 0 aliphatic rings. The van der Waals surface area contributed by atoms with Gasteiger partial charge in [0.25, 0.3) is 5.69 Å². The Bertz CT molecular complexity index is 1170. The van der Waals surface area contributed by atoms with E-state index in [1.165, 1.54) is 30.3 Å². The molecule has 1 heterocycles. The van der Waals surface area contributed by atoms with Gasteiger partial charge in [-0.05, 0) is 50.2 Å². The summed E-state index contributed by atoms with van der Waals surface area (Å²) in [5.41, 5.74) is 1.93. The van der Waals surface area contributed by atoms with Crippen molar-refractivity contribution in [2.75, 3.05) is 6.61 Å². The smallest absolute Gasteiger partial charge is 0.387 e. The second-order valence-electron chi connectivity index (χ2n) is 6.80. The third-order valence-electron chi connectivity index (χ3n) is 4.68. The number of esters is 1. The summed E-state index contributed by atoms with van der Waals surface area (Å²) in [5.74, 6) is -1.30. The fraction of sp³-hybridized carbons (Fsp3) is 0.182. The predicted octanol–water partition coefficient (Wildman–Crippen LogP) is 4.64. The summed E-state index contributed by atoms with van der Waals surface area (Å²) in [6.07, 6.45) is 0. The van der Waals surface area contributed by atoms with E-state index in [9.17, 15) is 28.5 Å². The first-order valence-corrected chi connectivity index (χ1v) is 9.36. The Kier molecular flexibility index (Phi) is 6.62. The minimum Gasteiger partial charge on any atom is -0.454 e. The fourth-order valence-electron chi connectivity index (χ4n) is 3.26. The molecule has 0 fully saturated rings. The molecular weight excluding hydrogens is 426 g/mol. The van der Waals surface area contributed by atoms with Crippen molar-refractivity contribution in [2.24, 2.45) is 0 Å². The minimum absolute atomic E-state index is 0.00979. The molecule has 166 valence electrons. The van der Waals surface area contributed by atoms with Gasteiger partial charge in [0.15, 0.2) is 6.61 Å². The largest absolute Gasteiger partial charge is 0.454 e. The molecule has 3 rings (SSSR count). The zero-order valence-corrected chi connectivity index (χ0v) is 17.1. The van der Waals surface area contributed by atoms with Crippen LogP contribution in [0.2, 0.25) is 0 Å². The van der Waals surface area contributed by atoms with Crippen molar-refractivity contribution in [3.63, 3.8) is 0 Å². The number of carbonyl (C=O) groups is 2. The summed E-state index contributed by atoms with van der Waals surface area (Å²) >= 11 is 0. The van der Waals surface area contributed by atoms with E-state index in [0.717, 1.165) is 6.07 Å². The number of aromatic nitrogens is 1. The maximum Gasteiger partial charge on any atom is 0.387 e. The van der Waals surface area contributed by atoms with Crippen molar-refractivity contribution in [3.8, 4) is 11.4 Å². The summed E-state index contributed by atoms with van der Waals surface area (Å²) in [6, 6.07) is 12.6. The Morgan fingerprint density at radius 2 is 1.78 bits per heavy atom. The number of carbonyl (C=O) groups excluding carboxylic acids is 2. The standard InChI is InChI=1S/C22H18F2N2O6/c1-13-10-19(14(2)25(13)16-6-8-18(9-7-16)32-22(23)24)20(27)12-31-21(28)15-4-3-5-17(11-15)26(29)30/h3-11,22H,12H2,1-2H3. The van der Waals surface area contributed by atoms with Crippen LogP contribution < -0.4 is 4.74 Å². The minimum atomic E-state index is -2.93. The van der Waals surface area contributed by atoms with Gasteiger partial charge in [-0.15, -0.1) is 0 Å². The molecule has 0 saturated heterocycles.